The Morgan fingerprint density at radius 2 is 1.36 bits per heavy atom. The highest BCUT2D eigenvalue weighted by Gasteiger charge is 2.48. The lowest BCUT2D eigenvalue weighted by molar-refractivity contribution is -0.146. The lowest BCUT2D eigenvalue weighted by Crippen LogP contribution is -2.46. The van der Waals surface area contributed by atoms with E-state index < -0.39 is 23.5 Å². The lowest BCUT2D eigenvalue weighted by Gasteiger charge is -2.28. The first kappa shape index (κ1) is 22.2. The van der Waals surface area contributed by atoms with Gasteiger partial charge in [-0.15, -0.1) is 0 Å². The number of methoxy groups -OCH3 is 2. The zero-order valence-electron chi connectivity index (χ0n) is 18.3. The molecule has 1 N–H and O–H groups in total. The number of nitrogens with one attached hydrogen (secondary N) is 1. The Bertz CT molecular complexity index is 1200. The third-order valence-electron chi connectivity index (χ3n) is 5.75. The van der Waals surface area contributed by atoms with Crippen LogP contribution in [-0.2, 0) is 19.8 Å². The van der Waals surface area contributed by atoms with Gasteiger partial charge in [0.25, 0.3) is 0 Å². The second kappa shape index (κ2) is 9.22. The van der Waals surface area contributed by atoms with E-state index >= 15 is 0 Å². The summed E-state index contributed by atoms with van der Waals surface area (Å²) in [4.78, 5) is 38.5. The summed E-state index contributed by atoms with van der Waals surface area (Å²) in [6, 6.07) is 24.2. The van der Waals surface area contributed by atoms with Crippen molar-refractivity contribution in [1.82, 2.24) is 5.32 Å². The van der Waals surface area contributed by atoms with Gasteiger partial charge in [-0.3, -0.25) is 10.1 Å². The Labute approximate surface area is 191 Å². The first-order chi connectivity index (χ1) is 16.0. The third-order valence-corrected chi connectivity index (χ3v) is 5.75. The van der Waals surface area contributed by atoms with Gasteiger partial charge in [0.05, 0.1) is 25.8 Å². The number of hydrogen-bond acceptors (Lipinski definition) is 6. The van der Waals surface area contributed by atoms with E-state index in [-0.39, 0.29) is 5.78 Å². The molecule has 1 heterocycles. The number of benzene rings is 3. The molecule has 1 aliphatic heterocycles. The highest BCUT2D eigenvalue weighted by atomic mass is 16.5. The van der Waals surface area contributed by atoms with Gasteiger partial charge in [-0.1, -0.05) is 72.8 Å². The molecule has 0 aliphatic carbocycles. The number of ether oxygens (including phenoxy) is 2. The summed E-state index contributed by atoms with van der Waals surface area (Å²) in [6.07, 6.45) is 1.66. The molecule has 0 spiro atoms. The Morgan fingerprint density at radius 1 is 0.758 bits per heavy atom. The Balaban J connectivity index is 1.85. The van der Waals surface area contributed by atoms with E-state index in [0.717, 1.165) is 5.56 Å². The molecule has 3 aromatic rings. The molecular weight excluding hydrogens is 418 g/mol. The zero-order chi connectivity index (χ0) is 23.4. The number of rotatable bonds is 6. The maximum absolute atomic E-state index is 13.5. The van der Waals surface area contributed by atoms with Gasteiger partial charge in [-0.25, -0.2) is 9.59 Å². The second-order valence-electron chi connectivity index (χ2n) is 7.65. The summed E-state index contributed by atoms with van der Waals surface area (Å²) >= 11 is 0. The van der Waals surface area contributed by atoms with Gasteiger partial charge >= 0.3 is 11.9 Å². The van der Waals surface area contributed by atoms with Crippen molar-refractivity contribution in [1.29, 1.82) is 0 Å². The van der Waals surface area contributed by atoms with E-state index in [0.29, 0.717) is 22.3 Å². The topological polar surface area (TPSA) is 81.7 Å². The molecule has 3 aromatic carbocycles. The van der Waals surface area contributed by atoms with E-state index in [1.807, 2.05) is 36.4 Å². The Hall–Kier alpha value is -4.03. The van der Waals surface area contributed by atoms with Crippen molar-refractivity contribution in [3.05, 3.63) is 119 Å². The van der Waals surface area contributed by atoms with Gasteiger partial charge in [0, 0.05) is 11.1 Å². The maximum Gasteiger partial charge on any atom is 0.337 e. The second-order valence-corrected chi connectivity index (χ2v) is 7.65. The van der Waals surface area contributed by atoms with Crippen molar-refractivity contribution < 1.29 is 23.9 Å². The molecule has 0 unspecified atom stereocenters. The summed E-state index contributed by atoms with van der Waals surface area (Å²) in [7, 11) is 2.64. The smallest absolute Gasteiger partial charge is 0.337 e. The van der Waals surface area contributed by atoms with Crippen LogP contribution in [0.1, 0.15) is 37.9 Å². The molecular formula is C27H23NO5. The molecule has 2 atom stereocenters. The van der Waals surface area contributed by atoms with Crippen molar-refractivity contribution in [3.8, 4) is 0 Å². The Morgan fingerprint density at radius 3 is 1.94 bits per heavy atom. The van der Waals surface area contributed by atoms with Crippen LogP contribution in [0.2, 0.25) is 0 Å². The van der Waals surface area contributed by atoms with Gasteiger partial charge in [-0.2, -0.15) is 0 Å². The fraction of sp³-hybridized carbons (Fsp3) is 0.148. The number of hydrogen-bond donors (Lipinski definition) is 1. The number of esters is 2. The molecule has 0 radical (unpaired) electrons. The van der Waals surface area contributed by atoms with Crippen LogP contribution in [0.4, 0.5) is 0 Å². The number of carbonyl (C=O) groups excluding carboxylic acids is 3. The van der Waals surface area contributed by atoms with Crippen LogP contribution in [0, 0.1) is 0 Å². The molecule has 0 amide bonds. The number of Topliss-reactive ketones (excluding diaryl/α,β-unsaturated/α-hetero) is 1. The van der Waals surface area contributed by atoms with Crippen LogP contribution in [0.5, 0.6) is 0 Å². The molecule has 4 rings (SSSR count). The average Bonchev–Trinajstić information content (AvgIpc) is 3.30. The molecule has 0 bridgehead atoms. The summed E-state index contributed by atoms with van der Waals surface area (Å²) in [5.41, 5.74) is 1.35. The molecule has 6 heteroatoms. The predicted molar refractivity (Wildman–Crippen MR) is 123 cm³/mol. The number of carbonyl (C=O) groups is 3. The molecule has 0 aromatic heterocycles. The minimum Gasteiger partial charge on any atom is -0.467 e. The van der Waals surface area contributed by atoms with Gasteiger partial charge in [-0.05, 0) is 29.3 Å². The molecule has 0 fully saturated rings. The maximum atomic E-state index is 13.5. The summed E-state index contributed by atoms with van der Waals surface area (Å²) in [6.45, 7) is 0. The van der Waals surface area contributed by atoms with Crippen molar-refractivity contribution >= 4 is 17.7 Å². The van der Waals surface area contributed by atoms with Crippen molar-refractivity contribution in [2.75, 3.05) is 14.2 Å². The van der Waals surface area contributed by atoms with Crippen molar-refractivity contribution in [2.45, 2.75) is 11.6 Å². The van der Waals surface area contributed by atoms with E-state index in [4.69, 9.17) is 9.47 Å². The van der Waals surface area contributed by atoms with E-state index in [1.165, 1.54) is 14.2 Å². The van der Waals surface area contributed by atoms with Gasteiger partial charge in [0.2, 0.25) is 0 Å². The monoisotopic (exact) mass is 441 g/mol. The highest BCUT2D eigenvalue weighted by Crippen LogP contribution is 2.41. The SMILES string of the molecule is COC(=O)c1ccc([C@@H]2N[C@@](C(=O)OC)(c3ccccc3)C=C2C(=O)c2ccccc2)cc1. The molecule has 1 aliphatic rings. The van der Waals surface area contributed by atoms with Crippen molar-refractivity contribution in [2.24, 2.45) is 0 Å². The fourth-order valence-electron chi connectivity index (χ4n) is 4.07. The number of ketones is 1. The van der Waals surface area contributed by atoms with Gasteiger partial charge in [0.1, 0.15) is 0 Å². The van der Waals surface area contributed by atoms with E-state index in [1.54, 1.807) is 54.6 Å². The quantitative estimate of drug-likeness (QED) is 0.460. The Kier molecular flexibility index (Phi) is 6.20. The zero-order valence-corrected chi connectivity index (χ0v) is 18.3. The summed E-state index contributed by atoms with van der Waals surface area (Å²) in [5, 5.41) is 3.35. The molecule has 0 saturated heterocycles. The normalized spacial score (nSPS) is 19.5. The highest BCUT2D eigenvalue weighted by molar-refractivity contribution is 6.11. The van der Waals surface area contributed by atoms with E-state index in [2.05, 4.69) is 5.32 Å². The van der Waals surface area contributed by atoms with Crippen molar-refractivity contribution in [3.63, 3.8) is 0 Å². The van der Waals surface area contributed by atoms with Crippen LogP contribution in [0.15, 0.2) is 96.6 Å². The molecule has 33 heavy (non-hydrogen) atoms. The molecule has 0 saturated carbocycles. The third kappa shape index (κ3) is 4.08. The molecule has 6 nitrogen and oxygen atoms in total. The standard InChI is InChI=1S/C27H23NO5/c1-32-25(30)20-15-13-18(14-16-20)23-22(24(29)19-9-5-3-6-10-19)17-27(28-23,26(31)33-2)21-11-7-4-8-12-21/h3-17,23,28H,1-2H3/t23-,27+/m0/s1. The lowest BCUT2D eigenvalue weighted by atomic mass is 9.89. The van der Waals surface area contributed by atoms with Crippen LogP contribution in [-0.4, -0.2) is 31.9 Å². The van der Waals surface area contributed by atoms with Crippen LogP contribution in [0.25, 0.3) is 0 Å². The predicted octanol–water partition coefficient (Wildman–Crippen LogP) is 4.00. The average molecular weight is 441 g/mol. The van der Waals surface area contributed by atoms with Gasteiger partial charge < -0.3 is 9.47 Å². The minimum atomic E-state index is -1.35. The van der Waals surface area contributed by atoms with Gasteiger partial charge in [0.15, 0.2) is 11.3 Å². The first-order valence-corrected chi connectivity index (χ1v) is 10.4. The summed E-state index contributed by atoms with van der Waals surface area (Å²) in [5.74, 6) is -1.18. The molecule has 166 valence electrons. The minimum absolute atomic E-state index is 0.202. The van der Waals surface area contributed by atoms with Crippen LogP contribution < -0.4 is 5.32 Å². The fourth-order valence-corrected chi connectivity index (χ4v) is 4.07. The first-order valence-electron chi connectivity index (χ1n) is 10.4. The summed E-state index contributed by atoms with van der Waals surface area (Å²) < 4.78 is 9.93. The van der Waals surface area contributed by atoms with Crippen LogP contribution in [0.3, 0.4) is 0 Å². The largest absolute Gasteiger partial charge is 0.467 e. The van der Waals surface area contributed by atoms with E-state index in [9.17, 15) is 14.4 Å². The van der Waals surface area contributed by atoms with Crippen LogP contribution >= 0.6 is 0 Å².